The lowest BCUT2D eigenvalue weighted by molar-refractivity contribution is 0.682. The Morgan fingerprint density at radius 1 is 1.00 bits per heavy atom. The lowest BCUT2D eigenvalue weighted by atomic mass is 9.92. The first kappa shape index (κ1) is 8.20. The molecule has 4 rings (SSSR count). The summed E-state index contributed by atoms with van der Waals surface area (Å²) >= 11 is 0. The van der Waals surface area contributed by atoms with Gasteiger partial charge in [-0.1, -0.05) is 6.07 Å². The Kier molecular flexibility index (Phi) is 1.31. The fraction of sp³-hybridized carbons (Fsp3) is 0.571. The summed E-state index contributed by atoms with van der Waals surface area (Å²) in [5.41, 5.74) is 14.4. The maximum Gasteiger partial charge on any atom is 0.0390 e. The van der Waals surface area contributed by atoms with Gasteiger partial charge in [0, 0.05) is 5.69 Å². The zero-order valence-corrected chi connectivity index (χ0v) is 9.10. The minimum Gasteiger partial charge on any atom is -0.398 e. The lowest BCUT2D eigenvalue weighted by Gasteiger charge is -2.15. The zero-order chi connectivity index (χ0) is 10.0. The van der Waals surface area contributed by atoms with Crippen LogP contribution in [0.3, 0.4) is 0 Å². The Balaban J connectivity index is 2.01. The van der Waals surface area contributed by atoms with E-state index in [1.807, 2.05) is 0 Å². The summed E-state index contributed by atoms with van der Waals surface area (Å²) in [5, 5.41) is 0. The number of anilines is 1. The van der Waals surface area contributed by atoms with E-state index in [0.717, 1.165) is 0 Å². The molecule has 78 valence electrons. The minimum atomic E-state index is 0.553. The lowest BCUT2D eigenvalue weighted by Crippen LogP contribution is -2.07. The van der Waals surface area contributed by atoms with Gasteiger partial charge >= 0.3 is 0 Å². The second kappa shape index (κ2) is 2.40. The van der Waals surface area contributed by atoms with E-state index in [9.17, 15) is 0 Å². The number of hydrogen-bond donors (Lipinski definition) is 1. The van der Waals surface area contributed by atoms with E-state index in [1.54, 1.807) is 16.7 Å². The molecule has 0 atom stereocenters. The predicted molar refractivity (Wildman–Crippen MR) is 62.1 cm³/mol. The van der Waals surface area contributed by atoms with Gasteiger partial charge < -0.3 is 5.73 Å². The second-order valence-corrected chi connectivity index (χ2v) is 5.60. The number of rotatable bonds is 0. The van der Waals surface area contributed by atoms with Gasteiger partial charge in [-0.3, -0.25) is 0 Å². The summed E-state index contributed by atoms with van der Waals surface area (Å²) in [4.78, 5) is 0. The topological polar surface area (TPSA) is 26.0 Å². The van der Waals surface area contributed by atoms with Crippen molar-refractivity contribution in [1.82, 2.24) is 0 Å². The largest absolute Gasteiger partial charge is 0.398 e. The quantitative estimate of drug-likeness (QED) is 0.639. The van der Waals surface area contributed by atoms with Crippen LogP contribution >= 0.6 is 0 Å². The number of benzene rings is 1. The molecule has 15 heavy (non-hydrogen) atoms. The molecule has 0 saturated heterocycles. The van der Waals surface area contributed by atoms with E-state index in [4.69, 9.17) is 5.73 Å². The summed E-state index contributed by atoms with van der Waals surface area (Å²) in [6.45, 7) is 0. The number of nitrogens with two attached hydrogens (primary N) is 1. The van der Waals surface area contributed by atoms with Gasteiger partial charge in [-0.2, -0.15) is 0 Å². The molecular formula is C14H17N. The van der Waals surface area contributed by atoms with E-state index < -0.39 is 0 Å². The highest BCUT2D eigenvalue weighted by molar-refractivity contribution is 5.67. The van der Waals surface area contributed by atoms with Crippen LogP contribution in [-0.4, -0.2) is 0 Å². The first-order valence-corrected chi connectivity index (χ1v) is 6.24. The molecule has 0 aromatic heterocycles. The van der Waals surface area contributed by atoms with Crippen molar-refractivity contribution >= 4 is 5.69 Å². The van der Waals surface area contributed by atoms with Gasteiger partial charge in [-0.05, 0) is 72.6 Å². The van der Waals surface area contributed by atoms with Gasteiger partial charge in [0.2, 0.25) is 0 Å². The molecule has 3 aliphatic rings. The zero-order valence-electron chi connectivity index (χ0n) is 9.10. The van der Waals surface area contributed by atoms with Crippen molar-refractivity contribution in [3.05, 3.63) is 28.3 Å². The summed E-state index contributed by atoms with van der Waals surface area (Å²) in [5.74, 6) is 0. The van der Waals surface area contributed by atoms with Crippen LogP contribution in [0.1, 0.15) is 47.9 Å². The van der Waals surface area contributed by atoms with Crippen LogP contribution < -0.4 is 5.73 Å². The summed E-state index contributed by atoms with van der Waals surface area (Å²) in [6.07, 6.45) is 9.24. The smallest absolute Gasteiger partial charge is 0.0390 e. The summed E-state index contributed by atoms with van der Waals surface area (Å²) in [7, 11) is 0. The molecule has 0 bridgehead atoms. The molecule has 1 aromatic carbocycles. The van der Waals surface area contributed by atoms with Gasteiger partial charge in [0.1, 0.15) is 0 Å². The highest BCUT2D eigenvalue weighted by atomic mass is 14.6. The normalized spacial score (nSPS) is 24.3. The molecular weight excluding hydrogens is 182 g/mol. The van der Waals surface area contributed by atoms with Gasteiger partial charge in [-0.15, -0.1) is 0 Å². The molecule has 0 aliphatic heterocycles. The molecule has 3 aliphatic carbocycles. The third kappa shape index (κ3) is 0.895. The molecule has 1 heteroatoms. The van der Waals surface area contributed by atoms with Gasteiger partial charge in [0.25, 0.3) is 0 Å². The summed E-state index contributed by atoms with van der Waals surface area (Å²) in [6, 6.07) is 2.47. The van der Waals surface area contributed by atoms with Gasteiger partial charge in [0.15, 0.2) is 0 Å². The Bertz CT molecular complexity index is 455. The molecule has 1 fully saturated rings. The van der Waals surface area contributed by atoms with Crippen LogP contribution in [0.4, 0.5) is 5.69 Å². The van der Waals surface area contributed by atoms with Crippen molar-refractivity contribution in [2.75, 3.05) is 5.73 Å². The number of aryl methyl sites for hydroxylation is 2. The van der Waals surface area contributed by atoms with Crippen LogP contribution in [0.5, 0.6) is 0 Å². The first-order valence-electron chi connectivity index (χ1n) is 6.24. The predicted octanol–water partition coefficient (Wildman–Crippen LogP) is 2.74. The van der Waals surface area contributed by atoms with E-state index >= 15 is 0 Å². The minimum absolute atomic E-state index is 0.553. The fourth-order valence-electron chi connectivity index (χ4n) is 3.81. The van der Waals surface area contributed by atoms with Crippen LogP contribution in [0.15, 0.2) is 6.07 Å². The average molecular weight is 199 g/mol. The molecule has 0 unspecified atom stereocenters. The van der Waals surface area contributed by atoms with E-state index in [0.29, 0.717) is 5.41 Å². The van der Waals surface area contributed by atoms with E-state index in [2.05, 4.69) is 6.07 Å². The van der Waals surface area contributed by atoms with Crippen molar-refractivity contribution in [3.63, 3.8) is 0 Å². The standard InChI is InChI=1S/C14H17N/c15-13-11-3-1-2-9(11)8-10-4-5-14(6-7-14)12(10)13/h8H,1-7,15H2. The molecule has 1 nitrogen and oxygen atoms in total. The fourth-order valence-corrected chi connectivity index (χ4v) is 3.81. The van der Waals surface area contributed by atoms with Gasteiger partial charge in [-0.25, -0.2) is 0 Å². The number of hydrogen-bond acceptors (Lipinski definition) is 1. The number of fused-ring (bicyclic) bond motifs is 3. The number of nitrogen functional groups attached to an aromatic ring is 1. The Morgan fingerprint density at radius 3 is 2.67 bits per heavy atom. The van der Waals surface area contributed by atoms with Crippen molar-refractivity contribution < 1.29 is 0 Å². The Labute approximate surface area is 90.7 Å². The molecule has 0 heterocycles. The molecule has 1 aromatic rings. The van der Waals surface area contributed by atoms with Crippen LogP contribution in [-0.2, 0) is 24.7 Å². The molecule has 1 saturated carbocycles. The van der Waals surface area contributed by atoms with E-state index in [-0.39, 0.29) is 0 Å². The van der Waals surface area contributed by atoms with E-state index in [1.165, 1.54) is 56.2 Å². The van der Waals surface area contributed by atoms with Crippen molar-refractivity contribution in [1.29, 1.82) is 0 Å². The SMILES string of the molecule is Nc1c2c(cc3c1C1(CC3)CC1)CCC2. The molecule has 0 amide bonds. The Hall–Kier alpha value is -0.980. The third-order valence-corrected chi connectivity index (χ3v) is 4.78. The van der Waals surface area contributed by atoms with Crippen LogP contribution in [0.25, 0.3) is 0 Å². The maximum atomic E-state index is 6.40. The first-order chi connectivity index (χ1) is 7.30. The second-order valence-electron chi connectivity index (χ2n) is 5.60. The monoisotopic (exact) mass is 199 g/mol. The Morgan fingerprint density at radius 2 is 1.87 bits per heavy atom. The maximum absolute atomic E-state index is 6.40. The van der Waals surface area contributed by atoms with Gasteiger partial charge in [0.05, 0.1) is 0 Å². The molecule has 2 N–H and O–H groups in total. The summed E-state index contributed by atoms with van der Waals surface area (Å²) < 4.78 is 0. The van der Waals surface area contributed by atoms with Crippen molar-refractivity contribution in [2.45, 2.75) is 50.4 Å². The van der Waals surface area contributed by atoms with Crippen LogP contribution in [0, 0.1) is 0 Å². The van der Waals surface area contributed by atoms with Crippen molar-refractivity contribution in [3.8, 4) is 0 Å². The van der Waals surface area contributed by atoms with Crippen molar-refractivity contribution in [2.24, 2.45) is 0 Å². The molecule has 1 spiro atoms. The average Bonchev–Trinajstić information content (AvgIpc) is 2.71. The highest BCUT2D eigenvalue weighted by Gasteiger charge is 2.50. The van der Waals surface area contributed by atoms with Crippen LogP contribution in [0.2, 0.25) is 0 Å². The highest BCUT2D eigenvalue weighted by Crippen LogP contribution is 2.59. The molecule has 0 radical (unpaired) electrons. The third-order valence-electron chi connectivity index (χ3n) is 4.78.